The van der Waals surface area contributed by atoms with Crippen LogP contribution in [0.25, 0.3) is 0 Å². The molecule has 0 spiro atoms. The van der Waals surface area contributed by atoms with Gasteiger partial charge in [0.1, 0.15) is 0 Å². The van der Waals surface area contributed by atoms with Crippen LogP contribution in [0.2, 0.25) is 0 Å². The van der Waals surface area contributed by atoms with E-state index in [9.17, 15) is 0 Å². The molecule has 2 atom stereocenters. The molecule has 2 nitrogen and oxygen atoms in total. The maximum Gasteiger partial charge on any atom is 0.290 e. The molecule has 1 aliphatic carbocycles. The van der Waals surface area contributed by atoms with Gasteiger partial charge in [0.05, 0.1) is 0 Å². The molecule has 0 amide bonds. The minimum absolute atomic E-state index is 0.250. The molecule has 0 aromatic carbocycles. The summed E-state index contributed by atoms with van der Waals surface area (Å²) in [5, 5.41) is 6.89. The highest BCUT2D eigenvalue weighted by Gasteiger charge is 2.33. The Morgan fingerprint density at radius 3 is 2.27 bits per heavy atom. The van der Waals surface area contributed by atoms with Gasteiger partial charge < -0.3 is 5.11 Å². The molecule has 0 bridgehead atoms. The lowest BCUT2D eigenvalue weighted by Crippen LogP contribution is -1.77. The fraction of sp³-hybridized carbons (Fsp3) is 0.889. The highest BCUT2D eigenvalue weighted by Crippen LogP contribution is 2.43. The van der Waals surface area contributed by atoms with Crippen LogP contribution in [0.1, 0.15) is 39.5 Å². The number of carboxylic acid groups (broad SMARTS) is 1. The van der Waals surface area contributed by atoms with Crippen LogP contribution in [0.5, 0.6) is 0 Å². The second-order valence-electron chi connectivity index (χ2n) is 3.06. The molecule has 1 saturated carbocycles. The molecule has 1 N–H and O–H groups in total. The maximum absolute atomic E-state index is 8.36. The Balaban J connectivity index is 0.000000292. The first-order valence-electron chi connectivity index (χ1n) is 4.37. The van der Waals surface area contributed by atoms with Gasteiger partial charge in [-0.05, 0) is 18.3 Å². The van der Waals surface area contributed by atoms with Crippen LogP contribution in [0.3, 0.4) is 0 Å². The van der Waals surface area contributed by atoms with E-state index >= 15 is 0 Å². The Labute approximate surface area is 68.6 Å². The van der Waals surface area contributed by atoms with Gasteiger partial charge in [-0.1, -0.05) is 33.1 Å². The Bertz CT molecular complexity index is 102. The van der Waals surface area contributed by atoms with E-state index in [2.05, 4.69) is 13.8 Å². The second kappa shape index (κ2) is 6.20. The van der Waals surface area contributed by atoms with Crippen LogP contribution in [-0.4, -0.2) is 11.6 Å². The van der Waals surface area contributed by atoms with Crippen LogP contribution in [0.4, 0.5) is 0 Å². The summed E-state index contributed by atoms with van der Waals surface area (Å²) in [6, 6.07) is 0. The summed E-state index contributed by atoms with van der Waals surface area (Å²) in [5.41, 5.74) is 0. The number of rotatable bonds is 3. The van der Waals surface area contributed by atoms with Gasteiger partial charge in [0.15, 0.2) is 0 Å². The minimum Gasteiger partial charge on any atom is -0.483 e. The van der Waals surface area contributed by atoms with Crippen molar-refractivity contribution < 1.29 is 9.90 Å². The van der Waals surface area contributed by atoms with Gasteiger partial charge in [0.25, 0.3) is 6.47 Å². The molecule has 2 heteroatoms. The smallest absolute Gasteiger partial charge is 0.290 e. The van der Waals surface area contributed by atoms with Gasteiger partial charge in [0, 0.05) is 0 Å². The van der Waals surface area contributed by atoms with Crippen LogP contribution in [0, 0.1) is 11.8 Å². The summed E-state index contributed by atoms with van der Waals surface area (Å²) < 4.78 is 0. The molecular weight excluding hydrogens is 140 g/mol. The van der Waals surface area contributed by atoms with Crippen molar-refractivity contribution in [3.05, 3.63) is 0 Å². The average molecular weight is 158 g/mol. The van der Waals surface area contributed by atoms with Crippen molar-refractivity contribution in [1.82, 2.24) is 0 Å². The Hall–Kier alpha value is -0.530. The van der Waals surface area contributed by atoms with Gasteiger partial charge in [-0.3, -0.25) is 4.79 Å². The van der Waals surface area contributed by atoms with Crippen molar-refractivity contribution in [1.29, 1.82) is 0 Å². The molecule has 1 fully saturated rings. The van der Waals surface area contributed by atoms with Gasteiger partial charge >= 0.3 is 0 Å². The Morgan fingerprint density at radius 2 is 2.00 bits per heavy atom. The summed E-state index contributed by atoms with van der Waals surface area (Å²) >= 11 is 0. The van der Waals surface area contributed by atoms with Crippen LogP contribution in [-0.2, 0) is 4.79 Å². The zero-order valence-electron chi connectivity index (χ0n) is 7.42. The third-order valence-electron chi connectivity index (χ3n) is 2.25. The van der Waals surface area contributed by atoms with Crippen molar-refractivity contribution >= 4 is 6.47 Å². The zero-order valence-corrected chi connectivity index (χ0v) is 7.42. The molecule has 66 valence electrons. The van der Waals surface area contributed by atoms with Crippen molar-refractivity contribution in [2.45, 2.75) is 39.5 Å². The number of hydrogen-bond donors (Lipinski definition) is 1. The van der Waals surface area contributed by atoms with Crippen LogP contribution >= 0.6 is 0 Å². The normalized spacial score (nSPS) is 26.7. The van der Waals surface area contributed by atoms with Crippen molar-refractivity contribution in [2.75, 3.05) is 0 Å². The first-order valence-corrected chi connectivity index (χ1v) is 4.37. The lowest BCUT2D eigenvalue weighted by Gasteiger charge is -1.90. The lowest BCUT2D eigenvalue weighted by molar-refractivity contribution is -0.122. The zero-order chi connectivity index (χ0) is 8.69. The van der Waals surface area contributed by atoms with Crippen LogP contribution in [0.15, 0.2) is 0 Å². The van der Waals surface area contributed by atoms with E-state index < -0.39 is 0 Å². The fourth-order valence-electron chi connectivity index (χ4n) is 1.53. The average Bonchev–Trinajstić information content (AvgIpc) is 2.70. The summed E-state index contributed by atoms with van der Waals surface area (Å²) in [4.78, 5) is 8.36. The van der Waals surface area contributed by atoms with E-state index in [1.165, 1.54) is 25.7 Å². The highest BCUT2D eigenvalue weighted by molar-refractivity contribution is 5.32. The molecule has 0 aromatic heterocycles. The van der Waals surface area contributed by atoms with Crippen molar-refractivity contribution in [3.8, 4) is 0 Å². The standard InChI is InChI=1S/C8H16.CH2O2/c1-3-5-8-6-7(8)4-2;2-1-3/h7-8H,3-6H2,1-2H3;1H,(H,2,3). The van der Waals surface area contributed by atoms with E-state index in [0.29, 0.717) is 0 Å². The van der Waals surface area contributed by atoms with E-state index in [4.69, 9.17) is 9.90 Å². The molecule has 1 aliphatic rings. The van der Waals surface area contributed by atoms with Crippen molar-refractivity contribution in [2.24, 2.45) is 11.8 Å². The molecule has 2 unspecified atom stereocenters. The van der Waals surface area contributed by atoms with Gasteiger partial charge in [-0.2, -0.15) is 0 Å². The largest absolute Gasteiger partial charge is 0.483 e. The molecular formula is C9H18O2. The van der Waals surface area contributed by atoms with Gasteiger partial charge in [-0.15, -0.1) is 0 Å². The molecule has 0 radical (unpaired) electrons. The minimum atomic E-state index is -0.250. The molecule has 0 aliphatic heterocycles. The second-order valence-corrected chi connectivity index (χ2v) is 3.06. The third kappa shape index (κ3) is 4.82. The van der Waals surface area contributed by atoms with Gasteiger partial charge in [0.2, 0.25) is 0 Å². The summed E-state index contributed by atoms with van der Waals surface area (Å²) in [5.74, 6) is 2.25. The Kier molecular flexibility index (Phi) is 5.90. The number of hydrogen-bond acceptors (Lipinski definition) is 1. The van der Waals surface area contributed by atoms with E-state index in [1.54, 1.807) is 0 Å². The van der Waals surface area contributed by atoms with Crippen LogP contribution < -0.4 is 0 Å². The quantitative estimate of drug-likeness (QED) is 0.641. The summed E-state index contributed by atoms with van der Waals surface area (Å²) in [6.45, 7) is 4.34. The SMILES string of the molecule is CCCC1CC1CC.O=CO. The number of carbonyl (C=O) groups is 1. The topological polar surface area (TPSA) is 37.3 Å². The molecule has 0 aromatic rings. The van der Waals surface area contributed by atoms with E-state index in [-0.39, 0.29) is 6.47 Å². The first-order chi connectivity index (χ1) is 5.29. The highest BCUT2D eigenvalue weighted by atomic mass is 16.3. The summed E-state index contributed by atoms with van der Waals surface area (Å²) in [6.07, 6.45) is 5.83. The Morgan fingerprint density at radius 1 is 1.45 bits per heavy atom. The first kappa shape index (κ1) is 10.5. The summed E-state index contributed by atoms with van der Waals surface area (Å²) in [7, 11) is 0. The van der Waals surface area contributed by atoms with E-state index in [1.807, 2.05) is 0 Å². The molecule has 11 heavy (non-hydrogen) atoms. The maximum atomic E-state index is 8.36. The molecule has 1 rings (SSSR count). The predicted molar refractivity (Wildman–Crippen MR) is 45.5 cm³/mol. The van der Waals surface area contributed by atoms with Gasteiger partial charge in [-0.25, -0.2) is 0 Å². The lowest BCUT2D eigenvalue weighted by atomic mass is 10.2. The fourth-order valence-corrected chi connectivity index (χ4v) is 1.53. The predicted octanol–water partition coefficient (Wildman–Crippen LogP) is 2.53. The monoisotopic (exact) mass is 158 g/mol. The molecule has 0 heterocycles. The van der Waals surface area contributed by atoms with E-state index in [0.717, 1.165) is 11.8 Å². The third-order valence-corrected chi connectivity index (χ3v) is 2.25. The molecule has 0 saturated heterocycles. The van der Waals surface area contributed by atoms with Crippen molar-refractivity contribution in [3.63, 3.8) is 0 Å².